The first-order valence-electron chi connectivity index (χ1n) is 6.63. The van der Waals surface area contributed by atoms with Crippen LogP contribution >= 0.6 is 11.9 Å². The van der Waals surface area contributed by atoms with Crippen LogP contribution in [-0.4, -0.2) is 0 Å². The highest BCUT2D eigenvalue weighted by atomic mass is 32.2. The Balaban J connectivity index is 0.00000106. The van der Waals surface area contributed by atoms with Crippen LogP contribution in [0, 0.1) is 31.3 Å². The maximum atomic E-state index is 13.7. The summed E-state index contributed by atoms with van der Waals surface area (Å²) in [6.45, 7) is 7.01. The van der Waals surface area contributed by atoms with Crippen LogP contribution in [0.3, 0.4) is 0 Å². The van der Waals surface area contributed by atoms with Crippen LogP contribution in [-0.2, 0) is 0 Å². The van der Waals surface area contributed by atoms with Gasteiger partial charge in [-0.1, -0.05) is 26.0 Å². The first kappa shape index (κ1) is 17.4. The van der Waals surface area contributed by atoms with Gasteiger partial charge in [-0.3, -0.25) is 0 Å². The van der Waals surface area contributed by atoms with Crippen molar-refractivity contribution in [3.05, 3.63) is 58.9 Å². The van der Waals surface area contributed by atoms with E-state index in [0.29, 0.717) is 10.5 Å². The molecule has 0 aliphatic heterocycles. The molecule has 0 spiro atoms. The Morgan fingerprint density at radius 3 is 2.24 bits per heavy atom. The molecular weight excluding hydrogens is 295 g/mol. The molecule has 2 rings (SSSR count). The van der Waals surface area contributed by atoms with E-state index in [2.05, 4.69) is 4.72 Å². The number of rotatable bonds is 3. The molecule has 0 fully saturated rings. The van der Waals surface area contributed by atoms with Gasteiger partial charge >= 0.3 is 0 Å². The van der Waals surface area contributed by atoms with Crippen molar-refractivity contribution in [2.75, 3.05) is 4.72 Å². The standard InChI is InChI=1S/C14H12F3NS.C2H6/c1-8-4-3-5-12(13(8)16)19-18-11-7-6-10(15)9(2)14(11)17;1-2/h3-7,18H,1-2H3;1-2H3. The summed E-state index contributed by atoms with van der Waals surface area (Å²) in [5, 5.41) is 0. The molecule has 0 bridgehead atoms. The van der Waals surface area contributed by atoms with Crippen LogP contribution in [0.4, 0.5) is 18.9 Å². The van der Waals surface area contributed by atoms with E-state index < -0.39 is 11.6 Å². The van der Waals surface area contributed by atoms with Gasteiger partial charge in [0, 0.05) is 5.56 Å². The van der Waals surface area contributed by atoms with E-state index in [9.17, 15) is 13.2 Å². The molecule has 0 heterocycles. The van der Waals surface area contributed by atoms with E-state index in [-0.39, 0.29) is 17.1 Å². The zero-order valence-electron chi connectivity index (χ0n) is 12.4. The van der Waals surface area contributed by atoms with E-state index in [1.54, 1.807) is 25.1 Å². The topological polar surface area (TPSA) is 12.0 Å². The highest BCUT2D eigenvalue weighted by Gasteiger charge is 2.11. The molecule has 0 saturated heterocycles. The fourth-order valence-corrected chi connectivity index (χ4v) is 2.32. The van der Waals surface area contributed by atoms with Gasteiger partial charge in [-0.25, -0.2) is 13.2 Å². The van der Waals surface area contributed by atoms with Crippen molar-refractivity contribution >= 4 is 17.6 Å². The van der Waals surface area contributed by atoms with Gasteiger partial charge in [-0.15, -0.1) is 0 Å². The Morgan fingerprint density at radius 1 is 0.905 bits per heavy atom. The van der Waals surface area contributed by atoms with Crippen molar-refractivity contribution in [1.82, 2.24) is 0 Å². The lowest BCUT2D eigenvalue weighted by atomic mass is 10.2. The maximum absolute atomic E-state index is 13.7. The predicted octanol–water partition coefficient (Wildman–Crippen LogP) is 5.87. The molecule has 0 radical (unpaired) electrons. The zero-order chi connectivity index (χ0) is 16.0. The first-order chi connectivity index (χ1) is 10.0. The summed E-state index contributed by atoms with van der Waals surface area (Å²) >= 11 is 0.956. The minimum absolute atomic E-state index is 0.0599. The Morgan fingerprint density at radius 2 is 1.57 bits per heavy atom. The second-order valence-corrected chi connectivity index (χ2v) is 4.97. The zero-order valence-corrected chi connectivity index (χ0v) is 13.2. The summed E-state index contributed by atoms with van der Waals surface area (Å²) in [6, 6.07) is 7.43. The van der Waals surface area contributed by atoms with Crippen LogP contribution in [0.2, 0.25) is 0 Å². The molecular formula is C16H18F3NS. The van der Waals surface area contributed by atoms with Gasteiger partial charge in [-0.2, -0.15) is 0 Å². The second-order valence-electron chi connectivity index (χ2n) is 4.13. The van der Waals surface area contributed by atoms with E-state index >= 15 is 0 Å². The lowest BCUT2D eigenvalue weighted by Gasteiger charge is -2.10. The summed E-state index contributed by atoms with van der Waals surface area (Å²) in [5.74, 6) is -1.62. The fourth-order valence-electron chi connectivity index (χ4n) is 1.55. The molecule has 0 aromatic heterocycles. The van der Waals surface area contributed by atoms with Crippen LogP contribution in [0.25, 0.3) is 0 Å². The minimum Gasteiger partial charge on any atom is -0.323 e. The van der Waals surface area contributed by atoms with Crippen LogP contribution in [0.15, 0.2) is 35.2 Å². The van der Waals surface area contributed by atoms with Crippen molar-refractivity contribution < 1.29 is 13.2 Å². The molecule has 114 valence electrons. The number of halogens is 3. The molecule has 0 atom stereocenters. The molecule has 2 aromatic rings. The predicted molar refractivity (Wildman–Crippen MR) is 83.1 cm³/mol. The third kappa shape index (κ3) is 4.17. The first-order valence-corrected chi connectivity index (χ1v) is 7.45. The second kappa shape index (κ2) is 7.98. The van der Waals surface area contributed by atoms with Gasteiger partial charge in [0.1, 0.15) is 11.6 Å². The van der Waals surface area contributed by atoms with Gasteiger partial charge in [0.15, 0.2) is 5.82 Å². The fraction of sp³-hybridized carbons (Fsp3) is 0.250. The average Bonchev–Trinajstić information content (AvgIpc) is 2.50. The van der Waals surface area contributed by atoms with E-state index in [4.69, 9.17) is 0 Å². The molecule has 0 aliphatic rings. The lowest BCUT2D eigenvalue weighted by Crippen LogP contribution is -1.97. The van der Waals surface area contributed by atoms with E-state index in [0.717, 1.165) is 11.9 Å². The molecule has 5 heteroatoms. The largest absolute Gasteiger partial charge is 0.323 e. The summed E-state index contributed by atoms with van der Waals surface area (Å²) < 4.78 is 43.3. The summed E-state index contributed by atoms with van der Waals surface area (Å²) in [7, 11) is 0. The third-order valence-electron chi connectivity index (χ3n) is 2.75. The molecule has 2 aromatic carbocycles. The van der Waals surface area contributed by atoms with Crippen LogP contribution in [0.1, 0.15) is 25.0 Å². The molecule has 0 aliphatic carbocycles. The van der Waals surface area contributed by atoms with Gasteiger partial charge in [-0.05, 0) is 49.6 Å². The number of hydrogen-bond acceptors (Lipinski definition) is 2. The Bertz CT molecular complexity index is 615. The highest BCUT2D eigenvalue weighted by Crippen LogP contribution is 2.28. The summed E-state index contributed by atoms with van der Waals surface area (Å²) in [5.41, 5.74) is 0.586. The maximum Gasteiger partial charge on any atom is 0.152 e. The minimum atomic E-state index is -0.666. The van der Waals surface area contributed by atoms with E-state index in [1.807, 2.05) is 13.8 Å². The normalized spacial score (nSPS) is 9.86. The monoisotopic (exact) mass is 313 g/mol. The smallest absolute Gasteiger partial charge is 0.152 e. The molecule has 0 unspecified atom stereocenters. The number of benzene rings is 2. The number of nitrogens with one attached hydrogen (secondary N) is 1. The van der Waals surface area contributed by atoms with Crippen molar-refractivity contribution in [3.8, 4) is 0 Å². The van der Waals surface area contributed by atoms with Crippen LogP contribution < -0.4 is 4.72 Å². The lowest BCUT2D eigenvalue weighted by molar-refractivity contribution is 0.571. The third-order valence-corrected chi connectivity index (χ3v) is 3.60. The average molecular weight is 313 g/mol. The van der Waals surface area contributed by atoms with Crippen LogP contribution in [0.5, 0.6) is 0 Å². The number of hydrogen-bond donors (Lipinski definition) is 1. The highest BCUT2D eigenvalue weighted by molar-refractivity contribution is 8.00. The van der Waals surface area contributed by atoms with Gasteiger partial charge < -0.3 is 4.72 Å². The quantitative estimate of drug-likeness (QED) is 0.712. The van der Waals surface area contributed by atoms with Gasteiger partial charge in [0.2, 0.25) is 0 Å². The van der Waals surface area contributed by atoms with Crippen molar-refractivity contribution in [1.29, 1.82) is 0 Å². The van der Waals surface area contributed by atoms with Gasteiger partial charge in [0.05, 0.1) is 10.6 Å². The molecule has 1 N–H and O–H groups in total. The van der Waals surface area contributed by atoms with Crippen molar-refractivity contribution in [2.45, 2.75) is 32.6 Å². The summed E-state index contributed by atoms with van der Waals surface area (Å²) in [6.07, 6.45) is 0. The molecule has 0 saturated carbocycles. The molecule has 1 nitrogen and oxygen atoms in total. The summed E-state index contributed by atoms with van der Waals surface area (Å²) in [4.78, 5) is 0.362. The number of aryl methyl sites for hydroxylation is 1. The SMILES string of the molecule is CC.Cc1cccc(SNc2ccc(F)c(C)c2F)c1F. The number of anilines is 1. The Hall–Kier alpha value is -1.62. The Labute approximate surface area is 127 Å². The molecule has 0 amide bonds. The molecule has 21 heavy (non-hydrogen) atoms. The van der Waals surface area contributed by atoms with Crippen molar-refractivity contribution in [2.24, 2.45) is 0 Å². The van der Waals surface area contributed by atoms with Crippen molar-refractivity contribution in [3.63, 3.8) is 0 Å². The Kier molecular flexibility index (Phi) is 6.62. The van der Waals surface area contributed by atoms with Gasteiger partial charge in [0.25, 0.3) is 0 Å². The van der Waals surface area contributed by atoms with E-state index in [1.165, 1.54) is 19.1 Å².